The highest BCUT2D eigenvalue weighted by Gasteiger charge is 2.35. The van der Waals surface area contributed by atoms with Crippen LogP contribution in [0.15, 0.2) is 103 Å². The molecule has 5 N–H and O–H groups in total. The molecule has 0 saturated carbocycles. The Morgan fingerprint density at radius 1 is 0.911 bits per heavy atom. The summed E-state index contributed by atoms with van der Waals surface area (Å²) in [6.45, 7) is 2.41. The van der Waals surface area contributed by atoms with Crippen LogP contribution in [-0.4, -0.2) is 42.3 Å². The number of nitrogens with one attached hydrogen (secondary N) is 3. The van der Waals surface area contributed by atoms with Crippen LogP contribution in [0.4, 0.5) is 0 Å². The number of hydrogen-bond acceptors (Lipinski definition) is 6. The van der Waals surface area contributed by atoms with Gasteiger partial charge in [-0.15, -0.1) is 0 Å². The highest BCUT2D eigenvalue weighted by Crippen LogP contribution is 2.25. The van der Waals surface area contributed by atoms with Gasteiger partial charge in [0.15, 0.2) is 0 Å². The summed E-state index contributed by atoms with van der Waals surface area (Å²) in [6.07, 6.45) is 2.23. The molecule has 3 atom stereocenters. The van der Waals surface area contributed by atoms with Crippen LogP contribution in [0.2, 0.25) is 0 Å². The smallest absolute Gasteiger partial charge is 0.238 e. The van der Waals surface area contributed by atoms with Crippen molar-refractivity contribution in [1.29, 1.82) is 0 Å². The largest absolute Gasteiger partial charge is 0.457 e. The zero-order chi connectivity index (χ0) is 31.6. The van der Waals surface area contributed by atoms with Crippen molar-refractivity contribution in [2.45, 2.75) is 56.8 Å². The van der Waals surface area contributed by atoms with E-state index in [0.29, 0.717) is 37.3 Å². The number of benzene rings is 4. The first-order valence-corrected chi connectivity index (χ1v) is 15.3. The second kappa shape index (κ2) is 14.8. The lowest BCUT2D eigenvalue weighted by Gasteiger charge is -2.33. The summed E-state index contributed by atoms with van der Waals surface area (Å²) in [6, 6.07) is 31.2. The van der Waals surface area contributed by atoms with Gasteiger partial charge >= 0.3 is 0 Å². The molecule has 45 heavy (non-hydrogen) atoms. The van der Waals surface area contributed by atoms with E-state index in [9.17, 15) is 14.4 Å². The molecule has 232 valence electrons. The van der Waals surface area contributed by atoms with E-state index in [1.54, 1.807) is 0 Å². The zero-order valence-electron chi connectivity index (χ0n) is 25.5. The molecule has 0 aliphatic carbocycles. The summed E-state index contributed by atoms with van der Waals surface area (Å²) in [5.74, 6) is 0.574. The van der Waals surface area contributed by atoms with Gasteiger partial charge in [-0.3, -0.25) is 9.59 Å². The molecule has 0 spiro atoms. The second-order valence-electron chi connectivity index (χ2n) is 11.8. The van der Waals surface area contributed by atoms with Crippen LogP contribution in [0.5, 0.6) is 11.5 Å². The quantitative estimate of drug-likeness (QED) is 0.235. The van der Waals surface area contributed by atoms with Gasteiger partial charge < -0.3 is 31.2 Å². The highest BCUT2D eigenvalue weighted by molar-refractivity contribution is 5.86. The molecule has 1 aliphatic heterocycles. The minimum absolute atomic E-state index is 0.0378. The molecule has 0 saturated heterocycles. The molecule has 0 aromatic heterocycles. The Bertz CT molecular complexity index is 1610. The predicted molar refractivity (Wildman–Crippen MR) is 175 cm³/mol. The third-order valence-electron chi connectivity index (χ3n) is 8.13. The van der Waals surface area contributed by atoms with Crippen molar-refractivity contribution >= 4 is 18.1 Å². The van der Waals surface area contributed by atoms with Crippen LogP contribution in [0.25, 0.3) is 0 Å². The van der Waals surface area contributed by atoms with Gasteiger partial charge in [-0.05, 0) is 79.1 Å². The van der Waals surface area contributed by atoms with E-state index in [4.69, 9.17) is 10.5 Å². The number of aryl methyl sites for hydroxylation is 2. The molecule has 5 rings (SSSR count). The van der Waals surface area contributed by atoms with Gasteiger partial charge in [0.05, 0.1) is 12.1 Å². The van der Waals surface area contributed by atoms with Crippen molar-refractivity contribution in [2.75, 3.05) is 6.54 Å². The van der Waals surface area contributed by atoms with E-state index in [2.05, 4.69) is 16.0 Å². The third-order valence-corrected chi connectivity index (χ3v) is 8.13. The zero-order valence-corrected chi connectivity index (χ0v) is 25.5. The summed E-state index contributed by atoms with van der Waals surface area (Å²) < 4.78 is 6.15. The fourth-order valence-electron chi connectivity index (χ4n) is 5.45. The van der Waals surface area contributed by atoms with Crippen LogP contribution in [-0.2, 0) is 40.2 Å². The molecular formula is C37H40N4O4. The normalized spacial score (nSPS) is 20.4. The molecule has 0 unspecified atom stereocenters. The van der Waals surface area contributed by atoms with E-state index in [-0.39, 0.29) is 18.9 Å². The number of nitrogens with two attached hydrogens (primary N) is 1. The Hall–Kier alpha value is -4.79. The van der Waals surface area contributed by atoms with Gasteiger partial charge in [-0.2, -0.15) is 0 Å². The fourth-order valence-corrected chi connectivity index (χ4v) is 5.45. The number of aldehydes is 1. The van der Waals surface area contributed by atoms with Crippen molar-refractivity contribution in [3.05, 3.63) is 131 Å². The molecule has 4 bridgehead atoms. The number of rotatable bonds is 7. The molecule has 8 heteroatoms. The molecule has 4 aromatic carbocycles. The maximum atomic E-state index is 13.7. The van der Waals surface area contributed by atoms with Gasteiger partial charge in [-0.25, -0.2) is 0 Å². The Labute approximate surface area is 264 Å². The van der Waals surface area contributed by atoms with Crippen LogP contribution in [0, 0.1) is 6.92 Å². The molecule has 0 radical (unpaired) electrons. The lowest BCUT2D eigenvalue weighted by molar-refractivity contribution is -0.128. The molecule has 2 amide bonds. The number of ether oxygens (including phenoxy) is 1. The molecule has 1 aliphatic rings. The van der Waals surface area contributed by atoms with Crippen molar-refractivity contribution in [3.8, 4) is 11.5 Å². The van der Waals surface area contributed by atoms with Crippen LogP contribution in [0.3, 0.4) is 0 Å². The van der Waals surface area contributed by atoms with Crippen LogP contribution < -0.4 is 26.4 Å². The summed E-state index contributed by atoms with van der Waals surface area (Å²) in [5.41, 5.74) is 9.95. The van der Waals surface area contributed by atoms with E-state index < -0.39 is 23.5 Å². The average molecular weight is 605 g/mol. The second-order valence-corrected chi connectivity index (χ2v) is 11.8. The average Bonchev–Trinajstić information content (AvgIpc) is 3.05. The first-order valence-electron chi connectivity index (χ1n) is 15.3. The van der Waals surface area contributed by atoms with E-state index >= 15 is 0 Å². The minimum atomic E-state index is -1.30. The van der Waals surface area contributed by atoms with Gasteiger partial charge in [0.25, 0.3) is 0 Å². The SMILES string of the molecule is Cc1ccc(CNC(=O)[C@@H]2Cc3cccc(c3)Oc3cccc(c3)C[C@H](N)C(=O)N[C@](C=O)(CCc3ccccc3)CN2)cc1. The maximum absolute atomic E-state index is 13.7. The van der Waals surface area contributed by atoms with Crippen LogP contribution in [0.1, 0.15) is 34.2 Å². The number of amides is 2. The topological polar surface area (TPSA) is 123 Å². The maximum Gasteiger partial charge on any atom is 0.238 e. The molecule has 1 heterocycles. The van der Waals surface area contributed by atoms with E-state index in [1.807, 2.05) is 110 Å². The van der Waals surface area contributed by atoms with E-state index in [1.165, 1.54) is 0 Å². The summed E-state index contributed by atoms with van der Waals surface area (Å²) in [4.78, 5) is 40.1. The number of carbonyl (C=O) groups is 3. The molecular weight excluding hydrogens is 564 g/mol. The third kappa shape index (κ3) is 8.88. The van der Waals surface area contributed by atoms with Gasteiger partial charge in [0, 0.05) is 13.1 Å². The van der Waals surface area contributed by atoms with Crippen molar-refractivity contribution in [2.24, 2.45) is 5.73 Å². The molecule has 0 fully saturated rings. The van der Waals surface area contributed by atoms with Gasteiger partial charge in [0.2, 0.25) is 11.8 Å². The molecule has 4 aromatic rings. The number of hydrogen-bond donors (Lipinski definition) is 4. The first kappa shape index (κ1) is 31.6. The Morgan fingerprint density at radius 3 is 2.24 bits per heavy atom. The Morgan fingerprint density at radius 2 is 1.58 bits per heavy atom. The Balaban J connectivity index is 1.46. The first-order chi connectivity index (χ1) is 21.8. The van der Waals surface area contributed by atoms with Crippen molar-refractivity contribution in [3.63, 3.8) is 0 Å². The molecule has 8 nitrogen and oxygen atoms in total. The monoisotopic (exact) mass is 604 g/mol. The standard InChI is InChI=1S/C37H40N4O4/c1-26-13-15-28(16-14-26)23-39-36(44)34-22-30-10-6-12-32(20-30)45-31-11-5-9-29(19-31)21-33(38)35(43)41-37(25-42,24-40-34)18-17-27-7-3-2-4-8-27/h2-16,19-20,25,33-34,40H,17-18,21-24,38H2,1H3,(H,39,44)(H,41,43)/t33-,34-,37+/m0/s1. The summed E-state index contributed by atoms with van der Waals surface area (Å²) in [5, 5.41) is 9.34. The van der Waals surface area contributed by atoms with Gasteiger partial charge in [0.1, 0.15) is 23.3 Å². The van der Waals surface area contributed by atoms with Crippen molar-refractivity contribution in [1.82, 2.24) is 16.0 Å². The van der Waals surface area contributed by atoms with Crippen LogP contribution >= 0.6 is 0 Å². The lowest BCUT2D eigenvalue weighted by atomic mass is 9.90. The summed E-state index contributed by atoms with van der Waals surface area (Å²) >= 11 is 0. The Kier molecular flexibility index (Phi) is 10.4. The number of carbonyl (C=O) groups excluding carboxylic acids is 3. The number of fused-ring (bicyclic) bond motifs is 4. The predicted octanol–water partition coefficient (Wildman–Crippen LogP) is 4.17. The summed E-state index contributed by atoms with van der Waals surface area (Å²) in [7, 11) is 0. The lowest BCUT2D eigenvalue weighted by Crippen LogP contribution is -2.62. The minimum Gasteiger partial charge on any atom is -0.457 e. The van der Waals surface area contributed by atoms with Gasteiger partial charge in [-0.1, -0.05) is 84.4 Å². The highest BCUT2D eigenvalue weighted by atomic mass is 16.5. The fraction of sp³-hybridized carbons (Fsp3) is 0.270. The van der Waals surface area contributed by atoms with E-state index in [0.717, 1.165) is 34.1 Å². The van der Waals surface area contributed by atoms with Crippen molar-refractivity contribution < 1.29 is 19.1 Å².